The molecule has 0 aliphatic rings. The average Bonchev–Trinajstić information content (AvgIpc) is 2.73. The molecule has 0 spiro atoms. The van der Waals surface area contributed by atoms with Crippen LogP contribution in [0, 0.1) is 0 Å². The Kier molecular flexibility index (Phi) is 16.3. The van der Waals surface area contributed by atoms with E-state index >= 15 is 0 Å². The molecular formula is C24H42I2N2O4. The van der Waals surface area contributed by atoms with E-state index in [2.05, 4.69) is 41.8 Å². The predicted molar refractivity (Wildman–Crippen MR) is 120 cm³/mol. The van der Waals surface area contributed by atoms with Gasteiger partial charge in [0.2, 0.25) is 0 Å². The van der Waals surface area contributed by atoms with Gasteiger partial charge in [0, 0.05) is 0 Å². The molecule has 186 valence electrons. The van der Waals surface area contributed by atoms with Crippen molar-refractivity contribution in [2.24, 2.45) is 0 Å². The summed E-state index contributed by atoms with van der Waals surface area (Å²) in [5.41, 5.74) is 0.513. The maximum Gasteiger partial charge on any atom is 0.339 e. The van der Waals surface area contributed by atoms with Gasteiger partial charge in [-0.3, -0.25) is 0 Å². The van der Waals surface area contributed by atoms with Crippen molar-refractivity contribution >= 4 is 11.9 Å². The number of nitrogens with zero attached hydrogens (tertiary/aromatic N) is 2. The number of likely N-dealkylation sites (N-methyl/N-ethyl adjacent to an activating group) is 2. The molecule has 6 nitrogen and oxygen atoms in total. The van der Waals surface area contributed by atoms with Gasteiger partial charge in [-0.2, -0.15) is 0 Å². The highest BCUT2D eigenvalue weighted by atomic mass is 127. The van der Waals surface area contributed by atoms with Crippen LogP contribution >= 0.6 is 0 Å². The molecule has 0 radical (unpaired) electrons. The maximum absolute atomic E-state index is 12.8. The minimum atomic E-state index is -0.482. The number of carbonyl (C=O) groups is 2. The number of carbonyl (C=O) groups excluding carboxylic acids is 2. The highest BCUT2D eigenvalue weighted by Gasteiger charge is 2.27. The Morgan fingerprint density at radius 3 is 1.25 bits per heavy atom. The van der Waals surface area contributed by atoms with Crippen LogP contribution in [0.5, 0.6) is 0 Å². The molecule has 0 N–H and O–H groups in total. The summed E-state index contributed by atoms with van der Waals surface area (Å²) in [6.07, 6.45) is -0.505. The van der Waals surface area contributed by atoms with E-state index in [-0.39, 0.29) is 71.3 Å². The standard InChI is InChI=1S/C24H42N2O4.2HI/c1-9-25(7,10-2)17-19(5)29-23(27)21-15-13-14-16-22(21)24(28)30-20(6)18-26(8,11-3)12-4;;/h13-16,19-20H,9-12,17-18H2,1-8H3;2*1H/q+2;;/p-2. The SMILES string of the molecule is CC[N+](C)(CC)CC(C)OC(=O)c1ccccc1C(=O)OC(C)C[N+](C)(CC)CC.[I-].[I-]. The Hall–Kier alpha value is -0.460. The van der Waals surface area contributed by atoms with E-state index in [4.69, 9.17) is 9.47 Å². The van der Waals surface area contributed by atoms with Gasteiger partial charge in [-0.25, -0.2) is 9.59 Å². The quantitative estimate of drug-likeness (QED) is 0.143. The molecule has 0 fully saturated rings. The molecule has 0 aliphatic heterocycles. The van der Waals surface area contributed by atoms with E-state index in [0.717, 1.165) is 48.2 Å². The number of hydrogen-bond donors (Lipinski definition) is 0. The zero-order chi connectivity index (χ0) is 22.9. The zero-order valence-corrected chi connectivity index (χ0v) is 25.3. The fourth-order valence-electron chi connectivity index (χ4n) is 3.61. The van der Waals surface area contributed by atoms with Crippen LogP contribution in [0.4, 0.5) is 0 Å². The third-order valence-electron chi connectivity index (χ3n) is 6.43. The van der Waals surface area contributed by atoms with E-state index < -0.39 is 11.9 Å². The molecule has 1 aromatic rings. The summed E-state index contributed by atoms with van der Waals surface area (Å²) in [7, 11) is 4.30. The molecule has 0 aliphatic carbocycles. The van der Waals surface area contributed by atoms with Crippen LogP contribution in [-0.2, 0) is 9.47 Å². The Morgan fingerprint density at radius 2 is 1.00 bits per heavy atom. The predicted octanol–water partition coefficient (Wildman–Crippen LogP) is -2.24. The van der Waals surface area contributed by atoms with Gasteiger partial charge in [0.1, 0.15) is 25.3 Å². The number of quaternary nitrogens is 2. The first-order chi connectivity index (χ1) is 14.0. The van der Waals surface area contributed by atoms with Crippen molar-refractivity contribution < 1.29 is 76.0 Å². The van der Waals surface area contributed by atoms with E-state index in [0.29, 0.717) is 0 Å². The zero-order valence-electron chi connectivity index (χ0n) is 21.0. The molecule has 8 heteroatoms. The fraction of sp³-hybridized carbons (Fsp3) is 0.667. The summed E-state index contributed by atoms with van der Waals surface area (Å²) in [6, 6.07) is 6.73. The third kappa shape index (κ3) is 10.2. The van der Waals surface area contributed by atoms with Gasteiger partial charge in [0.15, 0.2) is 0 Å². The second-order valence-corrected chi connectivity index (χ2v) is 8.85. The number of hydrogen-bond acceptors (Lipinski definition) is 4. The van der Waals surface area contributed by atoms with Crippen LogP contribution < -0.4 is 48.0 Å². The molecule has 1 rings (SSSR count). The number of rotatable bonds is 12. The minimum absolute atomic E-state index is 0. The van der Waals surface area contributed by atoms with Gasteiger partial charge < -0.3 is 66.4 Å². The molecule has 0 heterocycles. The van der Waals surface area contributed by atoms with Crippen LogP contribution in [0.15, 0.2) is 24.3 Å². The highest BCUT2D eigenvalue weighted by Crippen LogP contribution is 2.16. The van der Waals surface area contributed by atoms with Crippen LogP contribution in [0.1, 0.15) is 62.3 Å². The summed E-state index contributed by atoms with van der Waals surface area (Å²) in [5, 5.41) is 0. The van der Waals surface area contributed by atoms with Gasteiger partial charge >= 0.3 is 11.9 Å². The lowest BCUT2D eigenvalue weighted by Crippen LogP contribution is -3.00. The lowest BCUT2D eigenvalue weighted by molar-refractivity contribution is -0.908. The lowest BCUT2D eigenvalue weighted by Gasteiger charge is -2.34. The van der Waals surface area contributed by atoms with Crippen molar-refractivity contribution in [3.05, 3.63) is 35.4 Å². The molecule has 0 saturated carbocycles. The van der Waals surface area contributed by atoms with E-state index in [1.165, 1.54) is 0 Å². The molecule has 2 unspecified atom stereocenters. The van der Waals surface area contributed by atoms with E-state index in [9.17, 15) is 9.59 Å². The van der Waals surface area contributed by atoms with Crippen LogP contribution in [0.25, 0.3) is 0 Å². The van der Waals surface area contributed by atoms with Crippen LogP contribution in [-0.4, -0.2) is 86.5 Å². The van der Waals surface area contributed by atoms with Gasteiger partial charge in [-0.15, -0.1) is 0 Å². The minimum Gasteiger partial charge on any atom is -1.00 e. The smallest absolute Gasteiger partial charge is 0.339 e. The Balaban J connectivity index is 0. The number of benzene rings is 1. The average molecular weight is 676 g/mol. The maximum atomic E-state index is 12.8. The summed E-state index contributed by atoms with van der Waals surface area (Å²) >= 11 is 0. The lowest BCUT2D eigenvalue weighted by atomic mass is 10.1. The number of halogens is 2. The van der Waals surface area contributed by atoms with Crippen molar-refractivity contribution in [2.75, 3.05) is 53.4 Å². The topological polar surface area (TPSA) is 52.6 Å². The van der Waals surface area contributed by atoms with E-state index in [1.807, 2.05) is 13.8 Å². The Morgan fingerprint density at radius 1 is 0.719 bits per heavy atom. The molecule has 0 amide bonds. The first kappa shape index (κ1) is 33.7. The van der Waals surface area contributed by atoms with E-state index in [1.54, 1.807) is 24.3 Å². The third-order valence-corrected chi connectivity index (χ3v) is 6.43. The first-order valence-corrected chi connectivity index (χ1v) is 11.2. The van der Waals surface area contributed by atoms with Crippen molar-refractivity contribution in [2.45, 2.75) is 53.8 Å². The van der Waals surface area contributed by atoms with Crippen LogP contribution in [0.3, 0.4) is 0 Å². The Bertz CT molecular complexity index is 648. The van der Waals surface area contributed by atoms with Gasteiger partial charge in [0.05, 0.1) is 51.4 Å². The number of ether oxygens (including phenoxy) is 2. The van der Waals surface area contributed by atoms with Gasteiger partial charge in [-0.05, 0) is 53.7 Å². The van der Waals surface area contributed by atoms with Crippen molar-refractivity contribution in [1.82, 2.24) is 0 Å². The van der Waals surface area contributed by atoms with Crippen molar-refractivity contribution in [3.63, 3.8) is 0 Å². The van der Waals surface area contributed by atoms with Gasteiger partial charge in [-0.1, -0.05) is 12.1 Å². The van der Waals surface area contributed by atoms with Gasteiger partial charge in [0.25, 0.3) is 0 Å². The summed E-state index contributed by atoms with van der Waals surface area (Å²) in [6.45, 7) is 17.6. The summed E-state index contributed by atoms with van der Waals surface area (Å²) in [5.74, 6) is -0.964. The highest BCUT2D eigenvalue weighted by molar-refractivity contribution is 6.03. The second kappa shape index (κ2) is 15.4. The summed E-state index contributed by atoms with van der Waals surface area (Å²) < 4.78 is 13.0. The monoisotopic (exact) mass is 676 g/mol. The normalized spacial score (nSPS) is 13.2. The Labute approximate surface area is 229 Å². The fourth-order valence-corrected chi connectivity index (χ4v) is 3.61. The molecule has 32 heavy (non-hydrogen) atoms. The molecule has 0 bridgehead atoms. The second-order valence-electron chi connectivity index (χ2n) is 8.85. The van der Waals surface area contributed by atoms with Crippen molar-refractivity contribution in [1.29, 1.82) is 0 Å². The molecule has 0 aromatic heterocycles. The molecule has 0 saturated heterocycles. The first-order valence-electron chi connectivity index (χ1n) is 11.2. The van der Waals surface area contributed by atoms with Crippen molar-refractivity contribution in [3.8, 4) is 0 Å². The molecule has 1 aromatic carbocycles. The summed E-state index contributed by atoms with van der Waals surface area (Å²) in [4.78, 5) is 25.6. The van der Waals surface area contributed by atoms with Crippen LogP contribution in [0.2, 0.25) is 0 Å². The molecular weight excluding hydrogens is 634 g/mol. The molecule has 2 atom stereocenters. The largest absolute Gasteiger partial charge is 1.00 e. The number of esters is 2.